The van der Waals surface area contributed by atoms with Crippen LogP contribution in [-0.4, -0.2) is 76.9 Å². The summed E-state index contributed by atoms with van der Waals surface area (Å²) in [7, 11) is 0. The molecule has 0 bridgehead atoms. The summed E-state index contributed by atoms with van der Waals surface area (Å²) in [6.45, 7) is 4.25. The highest BCUT2D eigenvalue weighted by molar-refractivity contribution is 7.10. The quantitative estimate of drug-likeness (QED) is 0.507. The van der Waals surface area contributed by atoms with E-state index in [4.69, 9.17) is 0 Å². The fourth-order valence-electron chi connectivity index (χ4n) is 4.41. The molecule has 2 aliphatic rings. The average molecular weight is 526 g/mol. The van der Waals surface area contributed by atoms with Crippen molar-refractivity contribution in [1.29, 1.82) is 0 Å². The van der Waals surface area contributed by atoms with Gasteiger partial charge in [0.15, 0.2) is 0 Å². The predicted octanol–water partition coefficient (Wildman–Crippen LogP) is 2.80. The number of amides is 4. The van der Waals surface area contributed by atoms with Gasteiger partial charge >= 0.3 is 6.03 Å². The lowest BCUT2D eigenvalue weighted by molar-refractivity contribution is 0.0844. The summed E-state index contributed by atoms with van der Waals surface area (Å²) in [6.07, 6.45) is 3.41. The standard InChI is InChI=1S/C24H27N7O3S2/c32-21(18-6-14-35-15-18)27-28-22(33)19-16-36-23(26-19)17-4-8-30(9-5-17)24(34)31-12-10-29(11-13-31)20-3-1-2-7-25-20/h1-3,6-7,14-17H,4-5,8-13H2,(H,27,32)(H,28,33). The summed E-state index contributed by atoms with van der Waals surface area (Å²) in [6, 6.07) is 7.66. The number of hydrogen-bond donors (Lipinski definition) is 2. The predicted molar refractivity (Wildman–Crippen MR) is 138 cm³/mol. The van der Waals surface area contributed by atoms with Crippen molar-refractivity contribution in [3.63, 3.8) is 0 Å². The number of piperazine rings is 1. The van der Waals surface area contributed by atoms with Crippen LogP contribution in [0.1, 0.15) is 44.6 Å². The van der Waals surface area contributed by atoms with E-state index in [1.165, 1.54) is 22.7 Å². The number of nitrogens with zero attached hydrogens (tertiary/aromatic N) is 5. The van der Waals surface area contributed by atoms with E-state index in [2.05, 4.69) is 25.7 Å². The van der Waals surface area contributed by atoms with Crippen molar-refractivity contribution in [2.75, 3.05) is 44.2 Å². The smallest absolute Gasteiger partial charge is 0.320 e. The zero-order valence-corrected chi connectivity index (χ0v) is 21.3. The van der Waals surface area contributed by atoms with Crippen LogP contribution in [0.25, 0.3) is 0 Å². The van der Waals surface area contributed by atoms with Crippen LogP contribution in [0.4, 0.5) is 10.6 Å². The van der Waals surface area contributed by atoms with Gasteiger partial charge in [0.1, 0.15) is 11.5 Å². The van der Waals surface area contributed by atoms with E-state index in [9.17, 15) is 14.4 Å². The summed E-state index contributed by atoms with van der Waals surface area (Å²) in [5, 5.41) is 6.11. The third-order valence-electron chi connectivity index (χ3n) is 6.47. The van der Waals surface area contributed by atoms with Crippen LogP contribution in [0.5, 0.6) is 0 Å². The largest absolute Gasteiger partial charge is 0.353 e. The maximum Gasteiger partial charge on any atom is 0.320 e. The van der Waals surface area contributed by atoms with Crippen LogP contribution >= 0.6 is 22.7 Å². The minimum Gasteiger partial charge on any atom is -0.353 e. The molecule has 2 aliphatic heterocycles. The number of nitrogens with one attached hydrogen (secondary N) is 2. The number of thiophene rings is 1. The molecule has 10 nitrogen and oxygen atoms in total. The Morgan fingerprint density at radius 1 is 0.889 bits per heavy atom. The van der Waals surface area contributed by atoms with Gasteiger partial charge in [-0.2, -0.15) is 11.3 Å². The Labute approximate surface area is 216 Å². The number of carbonyl (C=O) groups excluding carboxylic acids is 3. The third kappa shape index (κ3) is 5.49. The van der Waals surface area contributed by atoms with Gasteiger partial charge in [0, 0.05) is 62.1 Å². The SMILES string of the molecule is O=C(NNC(=O)c1csc(C2CCN(C(=O)N3CCN(c4ccccn4)CC3)CC2)n1)c1ccsc1. The number of anilines is 1. The molecule has 3 aromatic rings. The zero-order chi connectivity index (χ0) is 24.9. The summed E-state index contributed by atoms with van der Waals surface area (Å²) in [5.74, 6) is 0.350. The van der Waals surface area contributed by atoms with Crippen molar-refractivity contribution < 1.29 is 14.4 Å². The molecule has 3 aromatic heterocycles. The molecule has 0 saturated carbocycles. The van der Waals surface area contributed by atoms with Crippen molar-refractivity contribution in [3.8, 4) is 0 Å². The lowest BCUT2D eigenvalue weighted by atomic mass is 9.98. The van der Waals surface area contributed by atoms with Crippen LogP contribution in [0.3, 0.4) is 0 Å². The molecule has 0 aromatic carbocycles. The Morgan fingerprint density at radius 3 is 2.33 bits per heavy atom. The fourth-order valence-corrected chi connectivity index (χ4v) is 6.02. The van der Waals surface area contributed by atoms with Crippen molar-refractivity contribution in [1.82, 2.24) is 30.6 Å². The number of pyridine rings is 1. The lowest BCUT2D eigenvalue weighted by Crippen LogP contribution is -2.54. The van der Waals surface area contributed by atoms with E-state index in [-0.39, 0.29) is 23.6 Å². The van der Waals surface area contributed by atoms with Gasteiger partial charge in [0.25, 0.3) is 11.8 Å². The number of rotatable bonds is 4. The first-order chi connectivity index (χ1) is 17.6. The van der Waals surface area contributed by atoms with Crippen LogP contribution in [0.2, 0.25) is 0 Å². The third-order valence-corrected chi connectivity index (χ3v) is 8.16. The molecule has 0 atom stereocenters. The molecular weight excluding hydrogens is 498 g/mol. The van der Waals surface area contributed by atoms with Crippen LogP contribution in [0, 0.1) is 0 Å². The zero-order valence-electron chi connectivity index (χ0n) is 19.6. The summed E-state index contributed by atoms with van der Waals surface area (Å²) in [5.41, 5.74) is 5.61. The maximum absolute atomic E-state index is 13.1. The van der Waals surface area contributed by atoms with E-state index >= 15 is 0 Å². The van der Waals surface area contributed by atoms with E-state index < -0.39 is 5.91 Å². The number of piperidine rings is 1. The van der Waals surface area contributed by atoms with E-state index in [1.54, 1.807) is 28.4 Å². The number of hydrazine groups is 1. The maximum atomic E-state index is 13.1. The molecule has 0 aliphatic carbocycles. The first kappa shape index (κ1) is 24.2. The molecule has 2 N–H and O–H groups in total. The first-order valence-corrected chi connectivity index (χ1v) is 13.7. The number of likely N-dealkylation sites (tertiary alicyclic amines) is 1. The molecule has 4 amide bonds. The highest BCUT2D eigenvalue weighted by atomic mass is 32.1. The second-order valence-electron chi connectivity index (χ2n) is 8.70. The molecule has 12 heteroatoms. The van der Waals surface area contributed by atoms with Gasteiger partial charge in [0.2, 0.25) is 0 Å². The van der Waals surface area contributed by atoms with Crippen LogP contribution < -0.4 is 15.8 Å². The average Bonchev–Trinajstić information content (AvgIpc) is 3.65. The Hall–Kier alpha value is -3.51. The van der Waals surface area contributed by atoms with Crippen molar-refractivity contribution in [2.45, 2.75) is 18.8 Å². The number of carbonyl (C=O) groups is 3. The first-order valence-electron chi connectivity index (χ1n) is 11.9. The van der Waals surface area contributed by atoms with Gasteiger partial charge in [-0.1, -0.05) is 6.07 Å². The summed E-state index contributed by atoms with van der Waals surface area (Å²) in [4.78, 5) is 52.4. The molecule has 5 rings (SSSR count). The van der Waals surface area contributed by atoms with Gasteiger partial charge in [-0.3, -0.25) is 20.4 Å². The minimum atomic E-state index is -0.446. The molecule has 5 heterocycles. The second-order valence-corrected chi connectivity index (χ2v) is 10.4. The molecule has 0 spiro atoms. The van der Waals surface area contributed by atoms with Gasteiger partial charge < -0.3 is 14.7 Å². The summed E-state index contributed by atoms with van der Waals surface area (Å²) < 4.78 is 0. The number of aromatic nitrogens is 2. The van der Waals surface area contributed by atoms with Crippen molar-refractivity contribution in [2.24, 2.45) is 0 Å². The Bertz CT molecular complexity index is 1190. The van der Waals surface area contributed by atoms with E-state index in [1.807, 2.05) is 28.0 Å². The topological polar surface area (TPSA) is 111 Å². The molecule has 0 radical (unpaired) electrons. The van der Waals surface area contributed by atoms with Gasteiger partial charge in [-0.25, -0.2) is 14.8 Å². The monoisotopic (exact) mass is 525 g/mol. The normalized spacial score (nSPS) is 16.6. The molecule has 188 valence electrons. The van der Waals surface area contributed by atoms with Crippen molar-refractivity contribution in [3.05, 3.63) is 62.9 Å². The van der Waals surface area contributed by atoms with Crippen LogP contribution in [-0.2, 0) is 0 Å². The number of hydrogen-bond acceptors (Lipinski definition) is 8. The van der Waals surface area contributed by atoms with E-state index in [0.717, 1.165) is 36.8 Å². The van der Waals surface area contributed by atoms with Crippen LogP contribution in [0.15, 0.2) is 46.6 Å². The fraction of sp³-hybridized carbons (Fsp3) is 0.375. The molecule has 0 unspecified atom stereocenters. The molecular formula is C24H27N7O3S2. The molecule has 2 saturated heterocycles. The Morgan fingerprint density at radius 2 is 1.64 bits per heavy atom. The molecule has 2 fully saturated rings. The highest BCUT2D eigenvalue weighted by Gasteiger charge is 2.30. The molecule has 36 heavy (non-hydrogen) atoms. The van der Waals surface area contributed by atoms with Gasteiger partial charge in [-0.05, 0) is 36.4 Å². The number of urea groups is 1. The Balaban J connectivity index is 1.07. The van der Waals surface area contributed by atoms with Gasteiger partial charge in [0.05, 0.1) is 10.6 Å². The second kappa shape index (κ2) is 11.0. The van der Waals surface area contributed by atoms with Crippen molar-refractivity contribution >= 4 is 46.3 Å². The van der Waals surface area contributed by atoms with Gasteiger partial charge in [-0.15, -0.1) is 11.3 Å². The number of thiazole rings is 1. The summed E-state index contributed by atoms with van der Waals surface area (Å²) >= 11 is 2.86. The lowest BCUT2D eigenvalue weighted by Gasteiger charge is -2.39. The highest BCUT2D eigenvalue weighted by Crippen LogP contribution is 2.31. The Kier molecular flexibility index (Phi) is 7.42. The van der Waals surface area contributed by atoms with E-state index in [0.29, 0.717) is 31.7 Å². The minimum absolute atomic E-state index is 0.0923.